The first-order valence-electron chi connectivity index (χ1n) is 19.9. The van der Waals surface area contributed by atoms with Gasteiger partial charge in [-0.25, -0.2) is 0 Å². The molecule has 0 fully saturated rings. The third-order valence-corrected chi connectivity index (χ3v) is 11.7. The van der Waals surface area contributed by atoms with Crippen LogP contribution in [0.15, 0.2) is 158 Å². The second-order valence-electron chi connectivity index (χ2n) is 15.3. The van der Waals surface area contributed by atoms with E-state index in [9.17, 15) is 51.1 Å². The molecule has 314 valence electrons. The molecule has 0 atom stereocenters. The van der Waals surface area contributed by atoms with Crippen molar-refractivity contribution in [2.75, 3.05) is 9.80 Å². The number of phenolic OH excluding ortho intramolecular Hbond substituents is 10. The first-order valence-corrected chi connectivity index (χ1v) is 19.9. The minimum Gasteiger partial charge on any atom is -0.503 e. The number of aromatic hydroxyl groups is 10. The van der Waals surface area contributed by atoms with E-state index in [1.807, 2.05) is 121 Å². The highest BCUT2D eigenvalue weighted by atomic mass is 16.4. The Balaban J connectivity index is 1.23. The van der Waals surface area contributed by atoms with Gasteiger partial charge < -0.3 is 60.9 Å². The van der Waals surface area contributed by atoms with Gasteiger partial charge >= 0.3 is 0 Å². The summed E-state index contributed by atoms with van der Waals surface area (Å²) < 4.78 is 0. The molecular formula is C52H36N2O10. The second-order valence-corrected chi connectivity index (χ2v) is 15.3. The largest absolute Gasteiger partial charge is 0.503 e. The molecule has 0 amide bonds. The fourth-order valence-corrected chi connectivity index (χ4v) is 8.57. The van der Waals surface area contributed by atoms with E-state index in [-0.39, 0.29) is 0 Å². The maximum absolute atomic E-state index is 11.4. The van der Waals surface area contributed by atoms with Gasteiger partial charge in [0, 0.05) is 22.1 Å². The average molecular weight is 849 g/mol. The van der Waals surface area contributed by atoms with Crippen LogP contribution in [-0.2, 0) is 0 Å². The van der Waals surface area contributed by atoms with Crippen LogP contribution in [0.4, 0.5) is 34.1 Å². The molecule has 0 aromatic heterocycles. The van der Waals surface area contributed by atoms with Crippen molar-refractivity contribution in [3.05, 3.63) is 158 Å². The van der Waals surface area contributed by atoms with E-state index < -0.39 is 68.9 Å². The van der Waals surface area contributed by atoms with Gasteiger partial charge in [0.15, 0.2) is 23.0 Å². The molecule has 0 heterocycles. The van der Waals surface area contributed by atoms with Crippen LogP contribution in [0.2, 0.25) is 0 Å². The maximum Gasteiger partial charge on any atom is 0.208 e. The molecular weight excluding hydrogens is 813 g/mol. The lowest BCUT2D eigenvalue weighted by molar-refractivity contribution is 0.329. The molecule has 10 aromatic rings. The summed E-state index contributed by atoms with van der Waals surface area (Å²) in [6.07, 6.45) is 0. The summed E-state index contributed by atoms with van der Waals surface area (Å²) >= 11 is 0. The fraction of sp³-hybridized carbons (Fsp3) is 0. The summed E-state index contributed by atoms with van der Waals surface area (Å²) in [5.41, 5.74) is 4.32. The van der Waals surface area contributed by atoms with Crippen LogP contribution in [0.1, 0.15) is 0 Å². The molecule has 10 rings (SSSR count). The normalized spacial score (nSPS) is 11.4. The molecule has 12 nitrogen and oxygen atoms in total. The lowest BCUT2D eigenvalue weighted by atomic mass is 9.91. The number of benzene rings is 10. The van der Waals surface area contributed by atoms with Crippen molar-refractivity contribution in [2.24, 2.45) is 0 Å². The first kappa shape index (κ1) is 39.0. The van der Waals surface area contributed by atoms with Crippen molar-refractivity contribution in [1.82, 2.24) is 0 Å². The van der Waals surface area contributed by atoms with Crippen molar-refractivity contribution < 1.29 is 51.1 Å². The number of hydrogen-bond donors (Lipinski definition) is 10. The zero-order chi connectivity index (χ0) is 44.6. The van der Waals surface area contributed by atoms with Crippen molar-refractivity contribution in [3.63, 3.8) is 0 Å². The topological polar surface area (TPSA) is 209 Å². The molecule has 0 spiro atoms. The Kier molecular flexibility index (Phi) is 9.01. The lowest BCUT2D eigenvalue weighted by Gasteiger charge is -2.30. The van der Waals surface area contributed by atoms with Crippen LogP contribution in [0, 0.1) is 0 Å². The van der Waals surface area contributed by atoms with Crippen molar-refractivity contribution in [1.29, 1.82) is 0 Å². The zero-order valence-electron chi connectivity index (χ0n) is 33.4. The van der Waals surface area contributed by atoms with E-state index in [1.54, 1.807) is 36.4 Å². The van der Waals surface area contributed by atoms with Crippen LogP contribution >= 0.6 is 0 Å². The van der Waals surface area contributed by atoms with Gasteiger partial charge in [-0.2, -0.15) is 0 Å². The first-order chi connectivity index (χ1) is 30.9. The molecule has 0 aliphatic heterocycles. The Morgan fingerprint density at radius 3 is 0.859 bits per heavy atom. The van der Waals surface area contributed by atoms with Gasteiger partial charge in [-0.05, 0) is 80.2 Å². The molecule has 10 N–H and O–H groups in total. The van der Waals surface area contributed by atoms with Crippen molar-refractivity contribution in [2.45, 2.75) is 0 Å². The summed E-state index contributed by atoms with van der Waals surface area (Å²) in [7, 11) is 0. The van der Waals surface area contributed by atoms with Gasteiger partial charge in [0.1, 0.15) is 11.4 Å². The van der Waals surface area contributed by atoms with E-state index in [2.05, 4.69) is 0 Å². The number of phenols is 10. The monoisotopic (exact) mass is 848 g/mol. The number of rotatable bonds is 8. The van der Waals surface area contributed by atoms with E-state index in [4.69, 9.17) is 0 Å². The third-order valence-electron chi connectivity index (χ3n) is 11.7. The van der Waals surface area contributed by atoms with Crippen molar-refractivity contribution >= 4 is 66.4 Å². The van der Waals surface area contributed by atoms with E-state index >= 15 is 0 Å². The summed E-state index contributed by atoms with van der Waals surface area (Å²) in [6.45, 7) is 0. The number of nitrogens with zero attached hydrogens (tertiary/aromatic N) is 2. The van der Waals surface area contributed by atoms with E-state index in [0.29, 0.717) is 44.3 Å². The van der Waals surface area contributed by atoms with Crippen molar-refractivity contribution in [3.8, 4) is 79.7 Å². The molecule has 64 heavy (non-hydrogen) atoms. The van der Waals surface area contributed by atoms with Gasteiger partial charge in [0.2, 0.25) is 34.5 Å². The molecule has 0 unspecified atom stereocenters. The predicted octanol–water partition coefficient (Wildman–Crippen LogP) is 11.9. The van der Waals surface area contributed by atoms with Crippen LogP contribution in [0.5, 0.6) is 57.5 Å². The highest BCUT2D eigenvalue weighted by Crippen LogP contribution is 2.61. The minimum atomic E-state index is -1.10. The zero-order valence-corrected chi connectivity index (χ0v) is 33.4. The Morgan fingerprint density at radius 2 is 0.531 bits per heavy atom. The van der Waals surface area contributed by atoms with Gasteiger partial charge in [-0.1, -0.05) is 121 Å². The standard InChI is InChI=1S/C52H36N2O10/c55-43-41(44(56)48(60)51(63)47(43)59)53(33-19-11-29(12-20-33)27-7-3-1-4-8-27)37-25-17-31-16-24-36-38(26-18-32-15-23-35(37)39(31)40(32)36)54(42-45(57)49(61)52(64)50(62)46(42)58)34-21-13-30(14-22-34)28-9-5-2-6-10-28/h1-26,55-64H. The molecule has 0 aliphatic carbocycles. The summed E-state index contributed by atoms with van der Waals surface area (Å²) in [6, 6.07) is 48.3. The molecule has 0 radical (unpaired) electrons. The highest BCUT2D eigenvalue weighted by molar-refractivity contribution is 6.28. The van der Waals surface area contributed by atoms with Crippen LogP contribution in [0.3, 0.4) is 0 Å². The van der Waals surface area contributed by atoms with Crippen LogP contribution in [0.25, 0.3) is 54.6 Å². The van der Waals surface area contributed by atoms with Gasteiger partial charge in [0.05, 0.1) is 11.4 Å². The molecule has 10 aromatic carbocycles. The van der Waals surface area contributed by atoms with Gasteiger partial charge in [0.25, 0.3) is 0 Å². The molecule has 12 heteroatoms. The Morgan fingerprint density at radius 1 is 0.250 bits per heavy atom. The molecule has 0 saturated heterocycles. The lowest BCUT2D eigenvalue weighted by Crippen LogP contribution is -2.12. The van der Waals surface area contributed by atoms with Gasteiger partial charge in [-0.15, -0.1) is 0 Å². The number of hydrogen-bond acceptors (Lipinski definition) is 12. The van der Waals surface area contributed by atoms with Gasteiger partial charge in [-0.3, -0.25) is 0 Å². The Labute approximate surface area is 363 Å². The fourth-order valence-electron chi connectivity index (χ4n) is 8.57. The van der Waals surface area contributed by atoms with E-state index in [1.165, 1.54) is 9.80 Å². The van der Waals surface area contributed by atoms with Crippen LogP contribution < -0.4 is 9.80 Å². The second kappa shape index (κ2) is 14.8. The summed E-state index contributed by atoms with van der Waals surface area (Å²) in [5.74, 6) is -10.0. The summed E-state index contributed by atoms with van der Waals surface area (Å²) in [4.78, 5) is 2.92. The molecule has 0 bridgehead atoms. The Bertz CT molecular complexity index is 3150. The Hall–Kier alpha value is -9.16. The predicted molar refractivity (Wildman–Crippen MR) is 247 cm³/mol. The number of anilines is 6. The minimum absolute atomic E-state index is 0.381. The SMILES string of the molecule is Oc1c(O)c(O)c(N(c2ccc(-c3ccccc3)cc2)c2ccc3ccc4c(N(c5ccc(-c6ccccc6)cc5)c5c(O)c(O)c(O)c(O)c5O)ccc5ccc2c3c54)c(O)c1O. The smallest absolute Gasteiger partial charge is 0.208 e. The van der Waals surface area contributed by atoms with E-state index in [0.717, 1.165) is 33.0 Å². The quantitative estimate of drug-likeness (QED) is 0.0393. The maximum atomic E-state index is 11.4. The molecule has 0 aliphatic rings. The average Bonchev–Trinajstić information content (AvgIpc) is 3.34. The molecule has 0 saturated carbocycles. The highest BCUT2D eigenvalue weighted by Gasteiger charge is 2.32. The third kappa shape index (κ3) is 5.92. The van der Waals surface area contributed by atoms with Crippen LogP contribution in [-0.4, -0.2) is 51.1 Å². The summed E-state index contributed by atoms with van der Waals surface area (Å²) in [5, 5.41) is 114.